The van der Waals surface area contributed by atoms with E-state index in [0.29, 0.717) is 0 Å². The predicted octanol–water partition coefficient (Wildman–Crippen LogP) is 4.91. The van der Waals surface area contributed by atoms with Crippen molar-refractivity contribution in [2.24, 2.45) is 7.05 Å². The highest BCUT2D eigenvalue weighted by Gasteiger charge is 2.10. The summed E-state index contributed by atoms with van der Waals surface area (Å²) in [6.07, 6.45) is 7.53. The van der Waals surface area contributed by atoms with Gasteiger partial charge in [-0.15, -0.1) is 0 Å². The van der Waals surface area contributed by atoms with Gasteiger partial charge in [0.05, 0.1) is 0 Å². The third-order valence-electron chi connectivity index (χ3n) is 3.27. The summed E-state index contributed by atoms with van der Waals surface area (Å²) >= 11 is 0. The number of halogens is 1. The summed E-state index contributed by atoms with van der Waals surface area (Å²) in [5, 5.41) is 1.02. The maximum absolute atomic E-state index is 13.4. The Labute approximate surface area is 108 Å². The Kier molecular flexibility index (Phi) is 3.85. The molecule has 0 aliphatic heterocycles. The van der Waals surface area contributed by atoms with Crippen LogP contribution in [0.25, 0.3) is 16.5 Å². The van der Waals surface area contributed by atoms with Crippen LogP contribution >= 0.6 is 0 Å². The number of allylic oxidation sites excluding steroid dienone is 2. The second-order valence-electron chi connectivity index (χ2n) is 4.70. The molecule has 0 aliphatic rings. The highest BCUT2D eigenvalue weighted by molar-refractivity contribution is 5.93. The summed E-state index contributed by atoms with van der Waals surface area (Å²) in [5.74, 6) is -0.165. The molecule has 0 saturated carbocycles. The number of fused-ring (bicyclic) bond motifs is 1. The van der Waals surface area contributed by atoms with Crippen molar-refractivity contribution in [3.63, 3.8) is 0 Å². The third-order valence-corrected chi connectivity index (χ3v) is 3.27. The average molecular weight is 245 g/mol. The van der Waals surface area contributed by atoms with Gasteiger partial charge in [-0.05, 0) is 36.6 Å². The van der Waals surface area contributed by atoms with Gasteiger partial charge in [-0.3, -0.25) is 0 Å². The van der Waals surface area contributed by atoms with Crippen molar-refractivity contribution in [1.82, 2.24) is 4.57 Å². The quantitative estimate of drug-likeness (QED) is 0.721. The van der Waals surface area contributed by atoms with Crippen molar-refractivity contribution in [2.45, 2.75) is 33.1 Å². The van der Waals surface area contributed by atoms with Gasteiger partial charge in [0.1, 0.15) is 5.82 Å². The highest BCUT2D eigenvalue weighted by Crippen LogP contribution is 2.30. The molecule has 2 rings (SSSR count). The first-order valence-electron chi connectivity index (χ1n) is 6.61. The molecule has 0 amide bonds. The minimum atomic E-state index is -0.165. The third kappa shape index (κ3) is 2.33. The van der Waals surface area contributed by atoms with Gasteiger partial charge in [0, 0.05) is 29.7 Å². The van der Waals surface area contributed by atoms with E-state index in [0.717, 1.165) is 30.2 Å². The Hall–Kier alpha value is -1.57. The topological polar surface area (TPSA) is 4.93 Å². The van der Waals surface area contributed by atoms with Crippen molar-refractivity contribution in [2.75, 3.05) is 0 Å². The van der Waals surface area contributed by atoms with Crippen LogP contribution in [0.5, 0.6) is 0 Å². The lowest BCUT2D eigenvalue weighted by Crippen LogP contribution is -1.84. The van der Waals surface area contributed by atoms with Gasteiger partial charge < -0.3 is 4.57 Å². The van der Waals surface area contributed by atoms with E-state index in [4.69, 9.17) is 0 Å². The van der Waals surface area contributed by atoms with Gasteiger partial charge in [0.2, 0.25) is 0 Å². The molecule has 1 nitrogen and oxygen atoms in total. The number of benzene rings is 1. The van der Waals surface area contributed by atoms with Gasteiger partial charge in [-0.1, -0.05) is 26.3 Å². The zero-order valence-electron chi connectivity index (χ0n) is 11.3. The number of nitrogens with zero attached hydrogens (tertiary/aromatic N) is 1. The lowest BCUT2D eigenvalue weighted by Gasteiger charge is -2.04. The molecule has 1 heterocycles. The molecule has 0 unspecified atom stereocenters. The van der Waals surface area contributed by atoms with E-state index in [1.807, 2.05) is 13.1 Å². The smallest absolute Gasteiger partial charge is 0.123 e. The second-order valence-corrected chi connectivity index (χ2v) is 4.70. The van der Waals surface area contributed by atoms with Crippen LogP contribution in [0.1, 0.15) is 38.7 Å². The maximum atomic E-state index is 13.4. The van der Waals surface area contributed by atoms with E-state index in [2.05, 4.69) is 30.7 Å². The number of hydrogen-bond donors (Lipinski definition) is 0. The van der Waals surface area contributed by atoms with Crippen molar-refractivity contribution < 1.29 is 4.39 Å². The molecule has 0 saturated heterocycles. The lowest BCUT2D eigenvalue weighted by atomic mass is 10.00. The van der Waals surface area contributed by atoms with Gasteiger partial charge in [0.15, 0.2) is 0 Å². The molecule has 2 heteroatoms. The van der Waals surface area contributed by atoms with Gasteiger partial charge in [0.25, 0.3) is 0 Å². The van der Waals surface area contributed by atoms with E-state index < -0.39 is 0 Å². The second kappa shape index (κ2) is 5.38. The van der Waals surface area contributed by atoms with Crippen LogP contribution in [0, 0.1) is 5.82 Å². The Morgan fingerprint density at radius 1 is 1.33 bits per heavy atom. The number of hydrogen-bond acceptors (Lipinski definition) is 0. The van der Waals surface area contributed by atoms with E-state index in [1.165, 1.54) is 17.2 Å². The fraction of sp³-hybridized carbons (Fsp3) is 0.375. The number of aromatic nitrogens is 1. The van der Waals surface area contributed by atoms with Crippen LogP contribution in [0.15, 0.2) is 30.5 Å². The SMILES string of the molecule is CC/C=C(\CCC)c1cn(C)c2ccc(F)cc12. The molecule has 0 atom stereocenters. The van der Waals surface area contributed by atoms with Crippen molar-refractivity contribution in [3.05, 3.63) is 41.9 Å². The first kappa shape index (κ1) is 12.9. The zero-order chi connectivity index (χ0) is 13.1. The zero-order valence-corrected chi connectivity index (χ0v) is 11.3. The first-order chi connectivity index (χ1) is 8.67. The molecule has 0 bridgehead atoms. The van der Waals surface area contributed by atoms with Crippen LogP contribution in [-0.4, -0.2) is 4.57 Å². The fourth-order valence-corrected chi connectivity index (χ4v) is 2.48. The van der Waals surface area contributed by atoms with Crippen molar-refractivity contribution in [1.29, 1.82) is 0 Å². The van der Waals surface area contributed by atoms with Gasteiger partial charge in [-0.25, -0.2) is 4.39 Å². The largest absolute Gasteiger partial charge is 0.350 e. The summed E-state index contributed by atoms with van der Waals surface area (Å²) in [6.45, 7) is 4.32. The molecule has 0 N–H and O–H groups in total. The van der Waals surface area contributed by atoms with Crippen LogP contribution in [0.2, 0.25) is 0 Å². The number of rotatable bonds is 4. The van der Waals surface area contributed by atoms with E-state index >= 15 is 0 Å². The Balaban J connectivity index is 2.62. The summed E-state index contributed by atoms with van der Waals surface area (Å²) < 4.78 is 15.5. The Morgan fingerprint density at radius 3 is 2.78 bits per heavy atom. The summed E-state index contributed by atoms with van der Waals surface area (Å²) in [4.78, 5) is 0. The minimum Gasteiger partial charge on any atom is -0.350 e. The predicted molar refractivity (Wildman–Crippen MR) is 76.1 cm³/mol. The minimum absolute atomic E-state index is 0.165. The van der Waals surface area contributed by atoms with Gasteiger partial charge in [-0.2, -0.15) is 0 Å². The fourth-order valence-electron chi connectivity index (χ4n) is 2.48. The monoisotopic (exact) mass is 245 g/mol. The molecule has 2 aromatic rings. The van der Waals surface area contributed by atoms with E-state index in [1.54, 1.807) is 6.07 Å². The molecule has 18 heavy (non-hydrogen) atoms. The molecule has 96 valence electrons. The van der Waals surface area contributed by atoms with Crippen LogP contribution < -0.4 is 0 Å². The molecule has 0 radical (unpaired) electrons. The molecular formula is C16H20FN. The standard InChI is InChI=1S/C16H20FN/c1-4-6-12(7-5-2)15-11-18(3)16-9-8-13(17)10-14(15)16/h6,8-11H,4-5,7H2,1-3H3/b12-6+. The summed E-state index contributed by atoms with van der Waals surface area (Å²) in [5.41, 5.74) is 3.59. The Morgan fingerprint density at radius 2 is 2.11 bits per heavy atom. The van der Waals surface area contributed by atoms with Crippen molar-refractivity contribution in [3.8, 4) is 0 Å². The average Bonchev–Trinajstić information content (AvgIpc) is 2.66. The van der Waals surface area contributed by atoms with Crippen molar-refractivity contribution >= 4 is 16.5 Å². The van der Waals surface area contributed by atoms with Crippen LogP contribution in [0.4, 0.5) is 4.39 Å². The molecule has 0 spiro atoms. The van der Waals surface area contributed by atoms with Crippen LogP contribution in [0.3, 0.4) is 0 Å². The Bertz CT molecular complexity index is 578. The molecule has 1 aromatic heterocycles. The van der Waals surface area contributed by atoms with E-state index in [9.17, 15) is 4.39 Å². The normalized spacial score (nSPS) is 12.3. The molecule has 0 fully saturated rings. The van der Waals surface area contributed by atoms with E-state index in [-0.39, 0.29) is 5.82 Å². The first-order valence-corrected chi connectivity index (χ1v) is 6.61. The lowest BCUT2D eigenvalue weighted by molar-refractivity contribution is 0.629. The summed E-state index contributed by atoms with van der Waals surface area (Å²) in [7, 11) is 2.01. The van der Waals surface area contributed by atoms with Crippen LogP contribution in [-0.2, 0) is 7.05 Å². The highest BCUT2D eigenvalue weighted by atomic mass is 19.1. The summed E-state index contributed by atoms with van der Waals surface area (Å²) in [6, 6.07) is 5.02. The molecule has 0 aliphatic carbocycles. The molecule has 1 aromatic carbocycles. The number of aryl methyl sites for hydroxylation is 1. The maximum Gasteiger partial charge on any atom is 0.123 e. The molecular weight excluding hydrogens is 225 g/mol. The van der Waals surface area contributed by atoms with Gasteiger partial charge >= 0.3 is 0 Å².